The molecule has 128 valence electrons. The number of nitrogens with one attached hydrogen (secondary N) is 1. The Bertz CT molecular complexity index is 648. The fraction of sp³-hybridized carbons (Fsp3) is 0.533. The first-order valence-electron chi connectivity index (χ1n) is 7.51. The van der Waals surface area contributed by atoms with Gasteiger partial charge in [-0.2, -0.15) is 4.31 Å². The van der Waals surface area contributed by atoms with E-state index in [9.17, 15) is 13.2 Å². The number of hydrogen-bond acceptors (Lipinski definition) is 4. The standard InChI is InChI=1S/C15H21ClN2O4S/c1-11(10-19)17-15(20)12-3-2-8-18(9-12)23(21,22)14-6-4-13(16)5-7-14/h4-7,11-12,19H,2-3,8-10H2,1H3,(H,17,20). The molecule has 1 aromatic carbocycles. The van der Waals surface area contributed by atoms with E-state index in [1.165, 1.54) is 28.6 Å². The van der Waals surface area contributed by atoms with Crippen LogP contribution in [-0.2, 0) is 14.8 Å². The molecule has 0 radical (unpaired) electrons. The van der Waals surface area contributed by atoms with Gasteiger partial charge in [-0.05, 0) is 44.0 Å². The molecule has 1 saturated heterocycles. The minimum Gasteiger partial charge on any atom is -0.394 e. The quantitative estimate of drug-likeness (QED) is 0.827. The van der Waals surface area contributed by atoms with E-state index in [-0.39, 0.29) is 30.0 Å². The third-order valence-electron chi connectivity index (χ3n) is 3.87. The zero-order valence-electron chi connectivity index (χ0n) is 12.9. The average molecular weight is 361 g/mol. The Morgan fingerprint density at radius 2 is 2.09 bits per heavy atom. The van der Waals surface area contributed by atoms with Crippen molar-refractivity contribution in [3.8, 4) is 0 Å². The number of sulfonamides is 1. The molecule has 2 rings (SSSR count). The molecule has 1 fully saturated rings. The first-order valence-corrected chi connectivity index (χ1v) is 9.33. The minimum atomic E-state index is -3.63. The Morgan fingerprint density at radius 3 is 2.70 bits per heavy atom. The fourth-order valence-electron chi connectivity index (χ4n) is 2.54. The monoisotopic (exact) mass is 360 g/mol. The van der Waals surface area contributed by atoms with Gasteiger partial charge >= 0.3 is 0 Å². The summed E-state index contributed by atoms with van der Waals surface area (Å²) in [6.07, 6.45) is 1.26. The molecule has 0 aromatic heterocycles. The van der Waals surface area contributed by atoms with Gasteiger partial charge in [0.15, 0.2) is 0 Å². The van der Waals surface area contributed by atoms with Gasteiger partial charge < -0.3 is 10.4 Å². The Kier molecular flexibility index (Phi) is 6.02. The summed E-state index contributed by atoms with van der Waals surface area (Å²) in [4.78, 5) is 12.3. The lowest BCUT2D eigenvalue weighted by atomic mass is 9.98. The molecule has 2 N–H and O–H groups in total. The second kappa shape index (κ2) is 7.61. The summed E-state index contributed by atoms with van der Waals surface area (Å²) in [7, 11) is -3.63. The fourth-order valence-corrected chi connectivity index (χ4v) is 4.19. The lowest BCUT2D eigenvalue weighted by Crippen LogP contribution is -2.47. The van der Waals surface area contributed by atoms with Crippen LogP contribution in [-0.4, -0.2) is 49.5 Å². The van der Waals surface area contributed by atoms with Gasteiger partial charge in [-0.3, -0.25) is 4.79 Å². The van der Waals surface area contributed by atoms with Gasteiger partial charge in [-0.1, -0.05) is 11.6 Å². The second-order valence-corrected chi connectivity index (χ2v) is 8.12. The molecule has 1 heterocycles. The van der Waals surface area contributed by atoms with E-state index in [4.69, 9.17) is 16.7 Å². The molecule has 2 unspecified atom stereocenters. The van der Waals surface area contributed by atoms with Crippen molar-refractivity contribution < 1.29 is 18.3 Å². The van der Waals surface area contributed by atoms with Crippen LogP contribution in [0.2, 0.25) is 5.02 Å². The van der Waals surface area contributed by atoms with Crippen molar-refractivity contribution in [2.24, 2.45) is 5.92 Å². The van der Waals surface area contributed by atoms with Crippen LogP contribution in [0, 0.1) is 5.92 Å². The van der Waals surface area contributed by atoms with Crippen LogP contribution in [0.5, 0.6) is 0 Å². The highest BCUT2D eigenvalue weighted by atomic mass is 35.5. The Balaban J connectivity index is 2.11. The van der Waals surface area contributed by atoms with Crippen LogP contribution in [0.3, 0.4) is 0 Å². The van der Waals surface area contributed by atoms with Crippen LogP contribution < -0.4 is 5.32 Å². The molecule has 8 heteroatoms. The summed E-state index contributed by atoms with van der Waals surface area (Å²) < 4.78 is 26.7. The predicted octanol–water partition coefficient (Wildman–Crippen LogP) is 1.24. The summed E-state index contributed by atoms with van der Waals surface area (Å²) >= 11 is 5.79. The number of halogens is 1. The Morgan fingerprint density at radius 1 is 1.43 bits per heavy atom. The van der Waals surface area contributed by atoms with Crippen LogP contribution in [0.4, 0.5) is 0 Å². The molecular weight excluding hydrogens is 340 g/mol. The molecule has 1 aromatic rings. The first kappa shape index (κ1) is 18.2. The van der Waals surface area contributed by atoms with Crippen molar-refractivity contribution in [3.05, 3.63) is 29.3 Å². The molecule has 0 spiro atoms. The predicted molar refractivity (Wildman–Crippen MR) is 87.6 cm³/mol. The number of amides is 1. The summed E-state index contributed by atoms with van der Waals surface area (Å²) in [6.45, 7) is 2.09. The molecule has 2 atom stereocenters. The molecule has 1 amide bonds. The molecule has 0 saturated carbocycles. The van der Waals surface area contributed by atoms with Crippen LogP contribution in [0.1, 0.15) is 19.8 Å². The maximum atomic E-state index is 12.7. The number of carbonyl (C=O) groups is 1. The van der Waals surface area contributed by atoms with Gasteiger partial charge in [0.1, 0.15) is 0 Å². The minimum absolute atomic E-state index is 0.148. The highest BCUT2D eigenvalue weighted by Gasteiger charge is 2.33. The van der Waals surface area contributed by atoms with Gasteiger partial charge in [-0.15, -0.1) is 0 Å². The van der Waals surface area contributed by atoms with E-state index in [1.54, 1.807) is 6.92 Å². The topological polar surface area (TPSA) is 86.7 Å². The Labute approximate surface area is 141 Å². The molecule has 23 heavy (non-hydrogen) atoms. The van der Waals surface area contributed by atoms with Gasteiger partial charge in [0.2, 0.25) is 15.9 Å². The number of rotatable bonds is 5. The van der Waals surface area contributed by atoms with E-state index in [0.29, 0.717) is 24.4 Å². The number of benzene rings is 1. The maximum Gasteiger partial charge on any atom is 0.243 e. The maximum absolute atomic E-state index is 12.7. The largest absolute Gasteiger partial charge is 0.394 e. The first-order chi connectivity index (χ1) is 10.8. The summed E-state index contributed by atoms with van der Waals surface area (Å²) in [5.74, 6) is -0.623. The molecule has 0 aliphatic carbocycles. The normalized spacial score (nSPS) is 20.9. The number of aliphatic hydroxyl groups is 1. The third-order valence-corrected chi connectivity index (χ3v) is 6.00. The second-order valence-electron chi connectivity index (χ2n) is 5.75. The highest BCUT2D eigenvalue weighted by Crippen LogP contribution is 2.24. The van der Waals surface area contributed by atoms with Crippen molar-refractivity contribution in [2.75, 3.05) is 19.7 Å². The number of hydrogen-bond donors (Lipinski definition) is 2. The molecule has 1 aliphatic rings. The van der Waals surface area contributed by atoms with E-state index in [1.807, 2.05) is 0 Å². The molecule has 0 bridgehead atoms. The highest BCUT2D eigenvalue weighted by molar-refractivity contribution is 7.89. The van der Waals surface area contributed by atoms with E-state index < -0.39 is 15.9 Å². The van der Waals surface area contributed by atoms with Crippen molar-refractivity contribution in [1.29, 1.82) is 0 Å². The summed E-state index contributed by atoms with van der Waals surface area (Å²) in [6, 6.07) is 5.66. The van der Waals surface area contributed by atoms with Crippen molar-refractivity contribution in [3.63, 3.8) is 0 Å². The van der Waals surface area contributed by atoms with E-state index in [0.717, 1.165) is 0 Å². The van der Waals surface area contributed by atoms with Crippen LogP contribution >= 0.6 is 11.6 Å². The number of carbonyl (C=O) groups excluding carboxylic acids is 1. The van der Waals surface area contributed by atoms with Crippen LogP contribution in [0.25, 0.3) is 0 Å². The van der Waals surface area contributed by atoms with Gasteiger partial charge in [0.25, 0.3) is 0 Å². The molecule has 1 aliphatic heterocycles. The average Bonchev–Trinajstić information content (AvgIpc) is 2.55. The molecular formula is C15H21ClN2O4S. The van der Waals surface area contributed by atoms with Gasteiger partial charge in [-0.25, -0.2) is 8.42 Å². The van der Waals surface area contributed by atoms with E-state index >= 15 is 0 Å². The van der Waals surface area contributed by atoms with Crippen molar-refractivity contribution in [1.82, 2.24) is 9.62 Å². The number of piperidine rings is 1. The Hall–Kier alpha value is -1.15. The number of nitrogens with zero attached hydrogens (tertiary/aromatic N) is 1. The molecule has 6 nitrogen and oxygen atoms in total. The SMILES string of the molecule is CC(CO)NC(=O)C1CCCN(S(=O)(=O)c2ccc(Cl)cc2)C1. The van der Waals surface area contributed by atoms with Gasteiger partial charge in [0.05, 0.1) is 17.4 Å². The number of aliphatic hydroxyl groups excluding tert-OH is 1. The lowest BCUT2D eigenvalue weighted by Gasteiger charge is -2.31. The third kappa shape index (κ3) is 4.44. The zero-order chi connectivity index (χ0) is 17.0. The van der Waals surface area contributed by atoms with Crippen LogP contribution in [0.15, 0.2) is 29.2 Å². The smallest absolute Gasteiger partial charge is 0.243 e. The van der Waals surface area contributed by atoms with Gasteiger partial charge in [0, 0.05) is 24.2 Å². The van der Waals surface area contributed by atoms with Crippen molar-refractivity contribution >= 4 is 27.5 Å². The lowest BCUT2D eigenvalue weighted by molar-refractivity contribution is -0.127. The van der Waals surface area contributed by atoms with E-state index in [2.05, 4.69) is 5.32 Å². The van der Waals surface area contributed by atoms with Crippen molar-refractivity contribution in [2.45, 2.75) is 30.7 Å². The summed E-state index contributed by atoms with van der Waals surface area (Å²) in [5.41, 5.74) is 0. The zero-order valence-corrected chi connectivity index (χ0v) is 14.5. The summed E-state index contributed by atoms with van der Waals surface area (Å²) in [5, 5.41) is 12.2.